The average molecular weight is 496 g/mol. The second-order valence-electron chi connectivity index (χ2n) is 5.97. The van der Waals surface area contributed by atoms with Gasteiger partial charge in [0.05, 0.1) is 5.69 Å². The Morgan fingerprint density at radius 1 is 1.07 bits per heavy atom. The van der Waals surface area contributed by atoms with Gasteiger partial charge in [-0.05, 0) is 53.4 Å². The molecule has 0 saturated heterocycles. The van der Waals surface area contributed by atoms with E-state index in [-0.39, 0.29) is 17.4 Å². The zero-order valence-corrected chi connectivity index (χ0v) is 18.7. The first-order chi connectivity index (χ1) is 13.9. The number of esters is 1. The quantitative estimate of drug-likeness (QED) is 0.431. The lowest BCUT2D eigenvalue weighted by Gasteiger charge is -2.18. The summed E-state index contributed by atoms with van der Waals surface area (Å²) in [5.41, 5.74) is 1.37. The van der Waals surface area contributed by atoms with Crippen molar-refractivity contribution in [2.24, 2.45) is 0 Å². The highest BCUT2D eigenvalue weighted by molar-refractivity contribution is 9.10. The van der Waals surface area contributed by atoms with Crippen molar-refractivity contribution in [2.75, 3.05) is 18.0 Å². The van der Waals surface area contributed by atoms with Crippen LogP contribution < -0.4 is 9.04 Å². The lowest BCUT2D eigenvalue weighted by Crippen LogP contribution is -2.25. The van der Waals surface area contributed by atoms with E-state index in [4.69, 9.17) is 9.47 Å². The average Bonchev–Trinajstić information content (AvgIpc) is 3.27. The highest BCUT2D eigenvalue weighted by Gasteiger charge is 2.22. The van der Waals surface area contributed by atoms with Crippen molar-refractivity contribution in [3.8, 4) is 5.75 Å². The van der Waals surface area contributed by atoms with Crippen molar-refractivity contribution in [2.45, 2.75) is 10.8 Å². The van der Waals surface area contributed by atoms with Crippen molar-refractivity contribution in [1.82, 2.24) is 0 Å². The van der Waals surface area contributed by atoms with E-state index in [1.807, 2.05) is 24.3 Å². The Kier molecular flexibility index (Phi) is 6.94. The van der Waals surface area contributed by atoms with Gasteiger partial charge in [-0.3, -0.25) is 4.31 Å². The van der Waals surface area contributed by atoms with Crippen molar-refractivity contribution in [3.63, 3.8) is 0 Å². The van der Waals surface area contributed by atoms with E-state index in [1.165, 1.54) is 11.4 Å². The van der Waals surface area contributed by atoms with E-state index in [0.29, 0.717) is 11.4 Å². The van der Waals surface area contributed by atoms with Gasteiger partial charge in [0.15, 0.2) is 6.61 Å². The molecule has 3 aromatic rings. The Balaban J connectivity index is 1.52. The number of rotatable bonds is 8. The lowest BCUT2D eigenvalue weighted by molar-refractivity contribution is -0.147. The molecular weight excluding hydrogens is 478 g/mol. The smallest absolute Gasteiger partial charge is 0.344 e. The van der Waals surface area contributed by atoms with Gasteiger partial charge < -0.3 is 9.47 Å². The third kappa shape index (κ3) is 5.59. The van der Waals surface area contributed by atoms with Gasteiger partial charge in [0.2, 0.25) is 0 Å². The standard InChI is InChI=1S/C20H18BrNO5S2/c1-22(29(24,25)20-3-2-12-28-20)17-8-10-18(11-9-17)26-14-19(23)27-13-15-4-6-16(21)7-5-15/h2-12H,13-14H2,1H3. The van der Waals surface area contributed by atoms with Gasteiger partial charge in [0, 0.05) is 11.5 Å². The number of anilines is 1. The SMILES string of the molecule is CN(c1ccc(OCC(=O)OCc2ccc(Br)cc2)cc1)S(=O)(=O)c1cccs1. The number of carbonyl (C=O) groups excluding carboxylic acids is 1. The molecule has 1 heterocycles. The molecule has 0 N–H and O–H groups in total. The Bertz CT molecular complexity index is 1050. The molecule has 152 valence electrons. The molecule has 9 heteroatoms. The topological polar surface area (TPSA) is 72.9 Å². The molecule has 6 nitrogen and oxygen atoms in total. The maximum Gasteiger partial charge on any atom is 0.344 e. The molecule has 0 fully saturated rings. The molecule has 0 aliphatic rings. The third-order valence-corrected chi connectivity index (χ3v) is 7.67. The molecule has 0 amide bonds. The summed E-state index contributed by atoms with van der Waals surface area (Å²) >= 11 is 4.51. The largest absolute Gasteiger partial charge is 0.482 e. The molecule has 0 atom stereocenters. The normalized spacial score (nSPS) is 11.1. The van der Waals surface area contributed by atoms with Crippen LogP contribution in [0.3, 0.4) is 0 Å². The Hall–Kier alpha value is -2.36. The van der Waals surface area contributed by atoms with E-state index in [2.05, 4.69) is 15.9 Å². The summed E-state index contributed by atoms with van der Waals surface area (Å²) in [6.07, 6.45) is 0. The molecule has 2 aromatic carbocycles. The maximum atomic E-state index is 12.5. The fourth-order valence-corrected chi connectivity index (χ4v) is 4.99. The molecule has 3 rings (SSSR count). The van der Waals surface area contributed by atoms with Crippen LogP contribution in [0.1, 0.15) is 5.56 Å². The molecule has 0 aliphatic carbocycles. The number of sulfonamides is 1. The van der Waals surface area contributed by atoms with Gasteiger partial charge in [-0.15, -0.1) is 11.3 Å². The Labute approximate surface area is 181 Å². The number of hydrogen-bond acceptors (Lipinski definition) is 6. The van der Waals surface area contributed by atoms with Gasteiger partial charge in [-0.2, -0.15) is 0 Å². The molecule has 0 bridgehead atoms. The monoisotopic (exact) mass is 495 g/mol. The van der Waals surface area contributed by atoms with Crippen LogP contribution in [0.15, 0.2) is 74.7 Å². The van der Waals surface area contributed by atoms with E-state index in [0.717, 1.165) is 21.4 Å². The van der Waals surface area contributed by atoms with Crippen LogP contribution in [0, 0.1) is 0 Å². The molecule has 0 spiro atoms. The van der Waals surface area contributed by atoms with Gasteiger partial charge in [0.1, 0.15) is 16.6 Å². The summed E-state index contributed by atoms with van der Waals surface area (Å²) in [6, 6.07) is 17.2. The van der Waals surface area contributed by atoms with Gasteiger partial charge in [-0.1, -0.05) is 34.1 Å². The van der Waals surface area contributed by atoms with E-state index in [1.54, 1.807) is 41.8 Å². The van der Waals surface area contributed by atoms with E-state index in [9.17, 15) is 13.2 Å². The van der Waals surface area contributed by atoms with Crippen molar-refractivity contribution < 1.29 is 22.7 Å². The van der Waals surface area contributed by atoms with Gasteiger partial charge >= 0.3 is 5.97 Å². The van der Waals surface area contributed by atoms with Gasteiger partial charge in [-0.25, -0.2) is 13.2 Å². The summed E-state index contributed by atoms with van der Waals surface area (Å²) in [4.78, 5) is 11.9. The molecule has 0 saturated carbocycles. The first kappa shape index (κ1) is 21.4. The van der Waals surface area contributed by atoms with Crippen molar-refractivity contribution >= 4 is 48.9 Å². The van der Waals surface area contributed by atoms with Crippen LogP contribution in [0.4, 0.5) is 5.69 Å². The molecule has 0 aliphatic heterocycles. The molecule has 0 radical (unpaired) electrons. The van der Waals surface area contributed by atoms with E-state index >= 15 is 0 Å². The number of ether oxygens (including phenoxy) is 2. The number of thiophene rings is 1. The Morgan fingerprint density at radius 2 is 1.76 bits per heavy atom. The minimum absolute atomic E-state index is 0.166. The van der Waals surface area contributed by atoms with Crippen LogP contribution in [-0.4, -0.2) is 28.0 Å². The lowest BCUT2D eigenvalue weighted by atomic mass is 10.2. The van der Waals surface area contributed by atoms with Crippen LogP contribution in [0.2, 0.25) is 0 Å². The Morgan fingerprint density at radius 3 is 2.38 bits per heavy atom. The second-order valence-corrected chi connectivity index (χ2v) is 10.0. The molecule has 1 aromatic heterocycles. The zero-order valence-electron chi connectivity index (χ0n) is 15.4. The number of carbonyl (C=O) groups is 1. The predicted octanol–water partition coefficient (Wildman–Crippen LogP) is 4.46. The summed E-state index contributed by atoms with van der Waals surface area (Å²) in [5.74, 6) is -0.0503. The highest BCUT2D eigenvalue weighted by Crippen LogP contribution is 2.26. The first-order valence-electron chi connectivity index (χ1n) is 8.51. The third-order valence-electron chi connectivity index (χ3n) is 3.98. The number of benzene rings is 2. The number of nitrogens with zero attached hydrogens (tertiary/aromatic N) is 1. The molecular formula is C20H18BrNO5S2. The fourth-order valence-electron chi connectivity index (χ4n) is 2.36. The highest BCUT2D eigenvalue weighted by atomic mass is 79.9. The van der Waals surface area contributed by atoms with E-state index < -0.39 is 16.0 Å². The fraction of sp³-hybridized carbons (Fsp3) is 0.150. The predicted molar refractivity (Wildman–Crippen MR) is 116 cm³/mol. The summed E-state index contributed by atoms with van der Waals surface area (Å²) < 4.78 is 38.1. The van der Waals surface area contributed by atoms with Gasteiger partial charge in [0.25, 0.3) is 10.0 Å². The van der Waals surface area contributed by atoms with Crippen molar-refractivity contribution in [3.05, 3.63) is 76.1 Å². The second kappa shape index (κ2) is 9.43. The summed E-state index contributed by atoms with van der Waals surface area (Å²) in [6.45, 7) is -0.0704. The molecule has 29 heavy (non-hydrogen) atoms. The van der Waals surface area contributed by atoms with Crippen LogP contribution in [-0.2, 0) is 26.2 Å². The minimum Gasteiger partial charge on any atom is -0.482 e. The van der Waals surface area contributed by atoms with Crippen LogP contribution >= 0.6 is 27.3 Å². The van der Waals surface area contributed by atoms with Crippen molar-refractivity contribution in [1.29, 1.82) is 0 Å². The number of hydrogen-bond donors (Lipinski definition) is 0. The number of halogens is 1. The minimum atomic E-state index is -3.59. The van der Waals surface area contributed by atoms with Crippen LogP contribution in [0.25, 0.3) is 0 Å². The maximum absolute atomic E-state index is 12.5. The summed E-state index contributed by atoms with van der Waals surface area (Å²) in [5, 5.41) is 1.72. The van der Waals surface area contributed by atoms with Crippen LogP contribution in [0.5, 0.6) is 5.75 Å². The molecule has 0 unspecified atom stereocenters. The first-order valence-corrected chi connectivity index (χ1v) is 11.6. The summed E-state index contributed by atoms with van der Waals surface area (Å²) in [7, 11) is -2.10. The zero-order chi connectivity index (χ0) is 20.9.